The second kappa shape index (κ2) is 5.59. The van der Waals surface area contributed by atoms with E-state index in [2.05, 4.69) is 22.0 Å². The average molecular weight is 214 g/mol. The number of carbonyl (C=O) groups excluding carboxylic acids is 1. The van der Waals surface area contributed by atoms with Crippen LogP contribution in [-0.2, 0) is 16.0 Å². The van der Waals surface area contributed by atoms with Gasteiger partial charge in [-0.1, -0.05) is 6.92 Å². The molecule has 0 aliphatic carbocycles. The van der Waals surface area contributed by atoms with Gasteiger partial charge in [0.05, 0.1) is 19.2 Å². The Hall–Kier alpha value is -1.10. The molecule has 0 radical (unpaired) electrons. The maximum absolute atomic E-state index is 10.8. The Morgan fingerprint density at radius 3 is 3.07 bits per heavy atom. The van der Waals surface area contributed by atoms with Crippen molar-refractivity contribution in [1.29, 1.82) is 0 Å². The molecule has 1 heterocycles. The molecular weight excluding hydrogens is 200 g/mol. The molecule has 1 N–H and O–H groups in total. The molecule has 1 aromatic rings. The third-order valence-electron chi connectivity index (χ3n) is 1.75. The van der Waals surface area contributed by atoms with E-state index in [1.54, 1.807) is 11.3 Å². The van der Waals surface area contributed by atoms with Crippen molar-refractivity contribution in [2.24, 2.45) is 0 Å². The van der Waals surface area contributed by atoms with E-state index in [0.717, 1.165) is 17.2 Å². The highest BCUT2D eigenvalue weighted by Gasteiger charge is 2.02. The Balaban J connectivity index is 2.27. The van der Waals surface area contributed by atoms with Crippen LogP contribution >= 0.6 is 11.3 Å². The van der Waals surface area contributed by atoms with Crippen LogP contribution in [0.5, 0.6) is 0 Å². The number of nitrogens with one attached hydrogen (secondary N) is 1. The highest BCUT2D eigenvalue weighted by Crippen LogP contribution is 2.15. The Morgan fingerprint density at radius 1 is 1.71 bits per heavy atom. The standard InChI is InChI=1S/C9H14N2O2S/c1-3-7-6-14-9(11-7)10-5-4-8(12)13-2/h6H,3-5H2,1-2H3,(H,10,11). The first kappa shape index (κ1) is 11.0. The summed E-state index contributed by atoms with van der Waals surface area (Å²) >= 11 is 1.56. The summed E-state index contributed by atoms with van der Waals surface area (Å²) in [6, 6.07) is 0. The van der Waals surface area contributed by atoms with Crippen LogP contribution in [0.25, 0.3) is 0 Å². The molecule has 0 saturated heterocycles. The maximum atomic E-state index is 10.8. The molecule has 0 bridgehead atoms. The number of thiazole rings is 1. The minimum Gasteiger partial charge on any atom is -0.469 e. The number of methoxy groups -OCH3 is 1. The van der Waals surface area contributed by atoms with E-state index in [1.807, 2.05) is 5.38 Å². The lowest BCUT2D eigenvalue weighted by atomic mass is 10.4. The van der Waals surface area contributed by atoms with Crippen molar-refractivity contribution < 1.29 is 9.53 Å². The van der Waals surface area contributed by atoms with Gasteiger partial charge in [0.15, 0.2) is 5.13 Å². The number of carbonyl (C=O) groups is 1. The van der Waals surface area contributed by atoms with Gasteiger partial charge in [-0.15, -0.1) is 11.3 Å². The van der Waals surface area contributed by atoms with Crippen LogP contribution in [0.1, 0.15) is 19.0 Å². The molecule has 78 valence electrons. The molecule has 1 aromatic heterocycles. The summed E-state index contributed by atoms with van der Waals surface area (Å²) in [5.41, 5.74) is 1.08. The summed E-state index contributed by atoms with van der Waals surface area (Å²) < 4.78 is 4.52. The fourth-order valence-electron chi connectivity index (χ4n) is 0.924. The van der Waals surface area contributed by atoms with E-state index in [4.69, 9.17) is 0 Å². The predicted molar refractivity (Wildman–Crippen MR) is 56.6 cm³/mol. The van der Waals surface area contributed by atoms with Crippen LogP contribution in [0.3, 0.4) is 0 Å². The Morgan fingerprint density at radius 2 is 2.50 bits per heavy atom. The van der Waals surface area contributed by atoms with Crippen molar-refractivity contribution in [3.63, 3.8) is 0 Å². The largest absolute Gasteiger partial charge is 0.469 e. The van der Waals surface area contributed by atoms with Gasteiger partial charge < -0.3 is 10.1 Å². The molecule has 0 aliphatic heterocycles. The fraction of sp³-hybridized carbons (Fsp3) is 0.556. The number of nitrogens with zero attached hydrogens (tertiary/aromatic N) is 1. The topological polar surface area (TPSA) is 51.2 Å². The number of ether oxygens (including phenoxy) is 1. The van der Waals surface area contributed by atoms with Gasteiger partial charge in [0, 0.05) is 11.9 Å². The summed E-state index contributed by atoms with van der Waals surface area (Å²) in [5, 5.41) is 5.95. The highest BCUT2D eigenvalue weighted by atomic mass is 32.1. The lowest BCUT2D eigenvalue weighted by Crippen LogP contribution is -2.09. The van der Waals surface area contributed by atoms with Gasteiger partial charge in [-0.2, -0.15) is 0 Å². The molecule has 0 saturated carbocycles. The van der Waals surface area contributed by atoms with Crippen LogP contribution < -0.4 is 5.32 Å². The van der Waals surface area contributed by atoms with Crippen molar-refractivity contribution >= 4 is 22.4 Å². The van der Waals surface area contributed by atoms with Gasteiger partial charge in [0.2, 0.25) is 0 Å². The minimum absolute atomic E-state index is 0.204. The van der Waals surface area contributed by atoms with Crippen LogP contribution in [0, 0.1) is 0 Å². The summed E-state index contributed by atoms with van der Waals surface area (Å²) in [5.74, 6) is -0.204. The van der Waals surface area contributed by atoms with E-state index in [9.17, 15) is 4.79 Å². The Bertz CT molecular complexity index is 299. The van der Waals surface area contributed by atoms with Crippen molar-refractivity contribution in [2.75, 3.05) is 19.0 Å². The first-order valence-corrected chi connectivity index (χ1v) is 5.39. The van der Waals surface area contributed by atoms with E-state index in [1.165, 1.54) is 7.11 Å². The minimum atomic E-state index is -0.204. The van der Waals surface area contributed by atoms with Crippen molar-refractivity contribution in [1.82, 2.24) is 4.98 Å². The van der Waals surface area contributed by atoms with E-state index in [0.29, 0.717) is 13.0 Å². The van der Waals surface area contributed by atoms with Crippen LogP contribution in [0.2, 0.25) is 0 Å². The molecule has 5 heteroatoms. The van der Waals surface area contributed by atoms with Crippen LogP contribution in [0.4, 0.5) is 5.13 Å². The molecule has 0 spiro atoms. The zero-order valence-corrected chi connectivity index (χ0v) is 9.19. The van der Waals surface area contributed by atoms with E-state index < -0.39 is 0 Å². The van der Waals surface area contributed by atoms with Gasteiger partial charge >= 0.3 is 5.97 Å². The quantitative estimate of drug-likeness (QED) is 0.758. The second-order valence-electron chi connectivity index (χ2n) is 2.75. The molecule has 4 nitrogen and oxygen atoms in total. The number of rotatable bonds is 5. The van der Waals surface area contributed by atoms with Gasteiger partial charge in [0.25, 0.3) is 0 Å². The van der Waals surface area contributed by atoms with Gasteiger partial charge in [-0.25, -0.2) is 4.98 Å². The number of hydrogen-bond donors (Lipinski definition) is 1. The van der Waals surface area contributed by atoms with Gasteiger partial charge in [-0.3, -0.25) is 4.79 Å². The lowest BCUT2D eigenvalue weighted by Gasteiger charge is -2.00. The van der Waals surface area contributed by atoms with Crippen molar-refractivity contribution in [3.8, 4) is 0 Å². The highest BCUT2D eigenvalue weighted by molar-refractivity contribution is 7.13. The zero-order valence-electron chi connectivity index (χ0n) is 8.37. The van der Waals surface area contributed by atoms with E-state index in [-0.39, 0.29) is 5.97 Å². The number of hydrogen-bond acceptors (Lipinski definition) is 5. The molecule has 0 amide bonds. The molecular formula is C9H14N2O2S. The molecule has 0 aliphatic rings. The number of aromatic nitrogens is 1. The third kappa shape index (κ3) is 3.33. The summed E-state index contributed by atoms with van der Waals surface area (Å²) in [6.45, 7) is 2.64. The van der Waals surface area contributed by atoms with Gasteiger partial charge in [0.1, 0.15) is 0 Å². The van der Waals surface area contributed by atoms with Crippen LogP contribution in [0.15, 0.2) is 5.38 Å². The SMILES string of the molecule is CCc1csc(NCCC(=O)OC)n1. The molecule has 0 atom stereocenters. The molecule has 0 aromatic carbocycles. The first-order chi connectivity index (χ1) is 6.76. The third-order valence-corrected chi connectivity index (χ3v) is 2.60. The van der Waals surface area contributed by atoms with Gasteiger partial charge in [-0.05, 0) is 6.42 Å². The Labute approximate surface area is 87.3 Å². The summed E-state index contributed by atoms with van der Waals surface area (Å²) in [6.07, 6.45) is 1.31. The summed E-state index contributed by atoms with van der Waals surface area (Å²) in [4.78, 5) is 15.1. The summed E-state index contributed by atoms with van der Waals surface area (Å²) in [7, 11) is 1.39. The number of anilines is 1. The molecule has 0 fully saturated rings. The fourth-order valence-corrected chi connectivity index (χ4v) is 1.75. The predicted octanol–water partition coefficient (Wildman–Crippen LogP) is 1.68. The smallest absolute Gasteiger partial charge is 0.307 e. The van der Waals surface area contributed by atoms with Crippen molar-refractivity contribution in [3.05, 3.63) is 11.1 Å². The average Bonchev–Trinajstić information content (AvgIpc) is 2.65. The molecule has 14 heavy (non-hydrogen) atoms. The maximum Gasteiger partial charge on any atom is 0.307 e. The normalized spacial score (nSPS) is 9.86. The number of esters is 1. The lowest BCUT2D eigenvalue weighted by molar-refractivity contribution is -0.140. The molecule has 1 rings (SSSR count). The van der Waals surface area contributed by atoms with E-state index >= 15 is 0 Å². The first-order valence-electron chi connectivity index (χ1n) is 4.51. The van der Waals surface area contributed by atoms with Crippen molar-refractivity contribution in [2.45, 2.75) is 19.8 Å². The second-order valence-corrected chi connectivity index (χ2v) is 3.61. The Kier molecular flexibility index (Phi) is 4.39. The van der Waals surface area contributed by atoms with Crippen LogP contribution in [-0.4, -0.2) is 24.6 Å². The number of aryl methyl sites for hydroxylation is 1. The molecule has 0 unspecified atom stereocenters. The zero-order chi connectivity index (χ0) is 10.4. The monoisotopic (exact) mass is 214 g/mol.